The number of para-hydroxylation sites is 1. The number of benzene rings is 1. The van der Waals surface area contributed by atoms with Gasteiger partial charge in [0.15, 0.2) is 0 Å². The first-order chi connectivity index (χ1) is 9.26. The normalized spacial score (nSPS) is 10.8. The van der Waals surface area contributed by atoms with Crippen LogP contribution in [0.25, 0.3) is 10.9 Å². The number of likely N-dealkylation sites (N-methyl/N-ethyl adjacent to an activating group) is 1. The zero-order valence-electron chi connectivity index (χ0n) is 11.6. The summed E-state index contributed by atoms with van der Waals surface area (Å²) in [5.74, 6) is 0.0221. The highest BCUT2D eigenvalue weighted by molar-refractivity contribution is 5.85. The molecule has 0 saturated carbocycles. The van der Waals surface area contributed by atoms with Crippen LogP contribution in [0.2, 0.25) is 0 Å². The van der Waals surface area contributed by atoms with Crippen molar-refractivity contribution >= 4 is 16.8 Å². The summed E-state index contributed by atoms with van der Waals surface area (Å²) in [7, 11) is 1.66. The Balaban J connectivity index is 2.29. The number of carbonyl (C=O) groups is 1. The highest BCUT2D eigenvalue weighted by Gasteiger charge is 2.08. The first-order valence-electron chi connectivity index (χ1n) is 6.74. The highest BCUT2D eigenvalue weighted by atomic mass is 16.1. The van der Waals surface area contributed by atoms with Gasteiger partial charge in [-0.1, -0.05) is 25.1 Å². The average Bonchev–Trinajstić information content (AvgIpc) is 2.83. The van der Waals surface area contributed by atoms with Gasteiger partial charge in [0.25, 0.3) is 0 Å². The van der Waals surface area contributed by atoms with Crippen molar-refractivity contribution in [1.82, 2.24) is 15.2 Å². The molecule has 19 heavy (non-hydrogen) atoms. The Bertz CT molecular complexity index is 560. The molecule has 2 aromatic rings. The summed E-state index contributed by atoms with van der Waals surface area (Å²) in [6, 6.07) is 8.32. The Morgan fingerprint density at radius 1 is 1.32 bits per heavy atom. The van der Waals surface area contributed by atoms with E-state index >= 15 is 0 Å². The molecule has 2 rings (SSSR count). The Morgan fingerprint density at radius 3 is 2.89 bits per heavy atom. The summed E-state index contributed by atoms with van der Waals surface area (Å²) in [6.07, 6.45) is 3.10. The summed E-state index contributed by atoms with van der Waals surface area (Å²) >= 11 is 0. The lowest BCUT2D eigenvalue weighted by Crippen LogP contribution is -2.23. The number of amides is 1. The Hall–Kier alpha value is -1.81. The van der Waals surface area contributed by atoms with Crippen molar-refractivity contribution in [3.8, 4) is 0 Å². The Morgan fingerprint density at radius 2 is 2.16 bits per heavy atom. The van der Waals surface area contributed by atoms with Gasteiger partial charge in [0.2, 0.25) is 5.91 Å². The van der Waals surface area contributed by atoms with Gasteiger partial charge in [-0.2, -0.15) is 0 Å². The number of nitrogens with one attached hydrogen (secondary N) is 2. The molecule has 4 heteroatoms. The highest BCUT2D eigenvalue weighted by Crippen LogP contribution is 2.20. The van der Waals surface area contributed by atoms with Crippen LogP contribution >= 0.6 is 0 Å². The van der Waals surface area contributed by atoms with Crippen LogP contribution < -0.4 is 10.6 Å². The summed E-state index contributed by atoms with van der Waals surface area (Å²) in [6.45, 7) is 4.36. The molecular weight excluding hydrogens is 238 g/mol. The Kier molecular flexibility index (Phi) is 4.58. The molecule has 1 aromatic heterocycles. The third-order valence-corrected chi connectivity index (χ3v) is 3.21. The zero-order chi connectivity index (χ0) is 13.7. The molecule has 1 heterocycles. The zero-order valence-corrected chi connectivity index (χ0v) is 11.6. The fourth-order valence-electron chi connectivity index (χ4n) is 2.25. The minimum Gasteiger partial charge on any atom is -0.358 e. The molecule has 0 bridgehead atoms. The van der Waals surface area contributed by atoms with Gasteiger partial charge in [-0.05, 0) is 30.0 Å². The SMILES string of the molecule is CCCNCc1cccc2ccn(CC(=O)NC)c12. The second-order valence-corrected chi connectivity index (χ2v) is 4.65. The van der Waals surface area contributed by atoms with E-state index in [1.807, 2.05) is 10.8 Å². The van der Waals surface area contributed by atoms with Crippen LogP contribution in [-0.2, 0) is 17.9 Å². The standard InChI is InChI=1S/C15H21N3O/c1-3-8-17-10-13-6-4-5-12-7-9-18(15(12)13)11-14(19)16-2/h4-7,9,17H,3,8,10-11H2,1-2H3,(H,16,19). The maximum absolute atomic E-state index is 11.5. The van der Waals surface area contributed by atoms with Gasteiger partial charge in [0.05, 0.1) is 5.52 Å². The van der Waals surface area contributed by atoms with Crippen LogP contribution in [-0.4, -0.2) is 24.1 Å². The quantitative estimate of drug-likeness (QED) is 0.778. The van der Waals surface area contributed by atoms with Crippen LogP contribution in [0.3, 0.4) is 0 Å². The summed E-state index contributed by atoms with van der Waals surface area (Å²) in [4.78, 5) is 11.5. The molecule has 102 valence electrons. The number of nitrogens with zero attached hydrogens (tertiary/aromatic N) is 1. The summed E-state index contributed by atoms with van der Waals surface area (Å²) in [5.41, 5.74) is 2.38. The molecule has 0 aliphatic carbocycles. The number of fused-ring (bicyclic) bond motifs is 1. The predicted molar refractivity (Wildman–Crippen MR) is 78.0 cm³/mol. The predicted octanol–water partition coefficient (Wildman–Crippen LogP) is 1.89. The fraction of sp³-hybridized carbons (Fsp3) is 0.400. The van der Waals surface area contributed by atoms with Crippen LogP contribution in [0.4, 0.5) is 0 Å². The van der Waals surface area contributed by atoms with Gasteiger partial charge in [0.1, 0.15) is 6.54 Å². The molecule has 1 aromatic carbocycles. The molecule has 0 fully saturated rings. The molecule has 0 unspecified atom stereocenters. The lowest BCUT2D eigenvalue weighted by Gasteiger charge is -2.10. The van der Waals surface area contributed by atoms with Crippen LogP contribution in [0.15, 0.2) is 30.5 Å². The van der Waals surface area contributed by atoms with Crippen molar-refractivity contribution < 1.29 is 4.79 Å². The fourth-order valence-corrected chi connectivity index (χ4v) is 2.25. The van der Waals surface area contributed by atoms with Gasteiger partial charge in [-0.15, -0.1) is 0 Å². The molecule has 0 radical (unpaired) electrons. The molecule has 0 aliphatic rings. The van der Waals surface area contributed by atoms with Crippen molar-refractivity contribution in [2.24, 2.45) is 0 Å². The molecule has 0 atom stereocenters. The first-order valence-corrected chi connectivity index (χ1v) is 6.74. The number of rotatable bonds is 6. The van der Waals surface area contributed by atoms with Crippen molar-refractivity contribution in [1.29, 1.82) is 0 Å². The van der Waals surface area contributed by atoms with Crippen LogP contribution in [0, 0.1) is 0 Å². The first kappa shape index (κ1) is 13.6. The van der Waals surface area contributed by atoms with Crippen molar-refractivity contribution in [2.75, 3.05) is 13.6 Å². The molecular formula is C15H21N3O. The van der Waals surface area contributed by atoms with Crippen molar-refractivity contribution in [3.63, 3.8) is 0 Å². The van der Waals surface area contributed by atoms with Crippen molar-refractivity contribution in [2.45, 2.75) is 26.4 Å². The minimum atomic E-state index is 0.0221. The second kappa shape index (κ2) is 6.38. The molecule has 0 saturated heterocycles. The molecule has 1 amide bonds. The van der Waals surface area contributed by atoms with E-state index in [1.165, 1.54) is 10.9 Å². The van der Waals surface area contributed by atoms with Gasteiger partial charge < -0.3 is 15.2 Å². The largest absolute Gasteiger partial charge is 0.358 e. The number of hydrogen-bond acceptors (Lipinski definition) is 2. The van der Waals surface area contributed by atoms with E-state index in [0.29, 0.717) is 6.54 Å². The third kappa shape index (κ3) is 3.15. The third-order valence-electron chi connectivity index (χ3n) is 3.21. The second-order valence-electron chi connectivity index (χ2n) is 4.65. The van der Waals surface area contributed by atoms with Gasteiger partial charge in [-0.3, -0.25) is 4.79 Å². The van der Waals surface area contributed by atoms with Gasteiger partial charge >= 0.3 is 0 Å². The van der Waals surface area contributed by atoms with Gasteiger partial charge in [0, 0.05) is 19.8 Å². The van der Waals surface area contributed by atoms with E-state index in [0.717, 1.165) is 25.0 Å². The lowest BCUT2D eigenvalue weighted by molar-refractivity contribution is -0.121. The minimum absolute atomic E-state index is 0.0221. The van der Waals surface area contributed by atoms with Crippen LogP contribution in [0.5, 0.6) is 0 Å². The van der Waals surface area contributed by atoms with E-state index in [-0.39, 0.29) is 5.91 Å². The summed E-state index contributed by atoms with van der Waals surface area (Å²) < 4.78 is 2.01. The molecule has 4 nitrogen and oxygen atoms in total. The topological polar surface area (TPSA) is 46.1 Å². The lowest BCUT2D eigenvalue weighted by atomic mass is 10.1. The monoisotopic (exact) mass is 259 g/mol. The van der Waals surface area contributed by atoms with E-state index in [9.17, 15) is 4.79 Å². The number of carbonyl (C=O) groups excluding carboxylic acids is 1. The van der Waals surface area contributed by atoms with Crippen molar-refractivity contribution in [3.05, 3.63) is 36.0 Å². The van der Waals surface area contributed by atoms with E-state index in [4.69, 9.17) is 0 Å². The summed E-state index contributed by atoms with van der Waals surface area (Å²) in [5, 5.41) is 7.26. The molecule has 2 N–H and O–H groups in total. The maximum Gasteiger partial charge on any atom is 0.239 e. The Labute approximate surface area is 113 Å². The smallest absolute Gasteiger partial charge is 0.239 e. The van der Waals surface area contributed by atoms with E-state index in [2.05, 4.69) is 41.8 Å². The molecule has 0 spiro atoms. The van der Waals surface area contributed by atoms with Gasteiger partial charge in [-0.25, -0.2) is 0 Å². The number of hydrogen-bond donors (Lipinski definition) is 2. The molecule has 0 aliphatic heterocycles. The van der Waals surface area contributed by atoms with Crippen LogP contribution in [0.1, 0.15) is 18.9 Å². The van der Waals surface area contributed by atoms with E-state index < -0.39 is 0 Å². The average molecular weight is 259 g/mol. The number of aromatic nitrogens is 1. The maximum atomic E-state index is 11.5. The van der Waals surface area contributed by atoms with E-state index in [1.54, 1.807) is 7.05 Å².